The summed E-state index contributed by atoms with van der Waals surface area (Å²) >= 11 is 12.2. The van der Waals surface area contributed by atoms with E-state index < -0.39 is 10.0 Å². The third kappa shape index (κ3) is 4.26. The maximum Gasteiger partial charge on any atom is 0.263 e. The van der Waals surface area contributed by atoms with Crippen LogP contribution in [0.4, 0.5) is 11.4 Å². The highest BCUT2D eigenvalue weighted by Gasteiger charge is 2.23. The van der Waals surface area contributed by atoms with Crippen molar-refractivity contribution in [2.24, 2.45) is 0 Å². The second-order valence-electron chi connectivity index (χ2n) is 6.12. The van der Waals surface area contributed by atoms with Crippen molar-refractivity contribution in [1.29, 1.82) is 0 Å². The van der Waals surface area contributed by atoms with Gasteiger partial charge in [0.2, 0.25) is 0 Å². The molecule has 0 aromatic heterocycles. The Balaban J connectivity index is 1.91. The third-order valence-corrected chi connectivity index (χ3v) is 6.59. The summed E-state index contributed by atoms with van der Waals surface area (Å²) in [5.74, 6) is 0. The van der Waals surface area contributed by atoms with E-state index in [1.807, 2.05) is 6.07 Å². The molecular formula is C18H21Cl2N3O2S. The predicted octanol–water partition coefficient (Wildman–Crippen LogP) is 3.94. The summed E-state index contributed by atoms with van der Waals surface area (Å²) in [7, 11) is -3.82. The highest BCUT2D eigenvalue weighted by molar-refractivity contribution is 7.92. The molecule has 1 heterocycles. The largest absolute Gasteiger partial charge is 0.367 e. The summed E-state index contributed by atoms with van der Waals surface area (Å²) in [5.41, 5.74) is 1.28. The molecule has 3 rings (SSSR count). The van der Waals surface area contributed by atoms with Crippen LogP contribution >= 0.6 is 23.2 Å². The molecule has 8 heteroatoms. The summed E-state index contributed by atoms with van der Waals surface area (Å²) in [6.45, 7) is 6.69. The molecule has 0 bridgehead atoms. The average molecular weight is 414 g/mol. The predicted molar refractivity (Wildman–Crippen MR) is 108 cm³/mol. The molecule has 0 saturated carbocycles. The molecule has 1 fully saturated rings. The van der Waals surface area contributed by atoms with E-state index in [1.54, 1.807) is 30.3 Å². The van der Waals surface area contributed by atoms with Crippen LogP contribution < -0.4 is 9.62 Å². The quantitative estimate of drug-likeness (QED) is 0.806. The highest BCUT2D eigenvalue weighted by atomic mass is 35.5. The molecule has 0 amide bonds. The smallest absolute Gasteiger partial charge is 0.263 e. The second kappa shape index (κ2) is 8.05. The van der Waals surface area contributed by atoms with Crippen molar-refractivity contribution in [3.8, 4) is 0 Å². The first-order valence-electron chi connectivity index (χ1n) is 8.45. The molecule has 2 aromatic rings. The molecule has 0 spiro atoms. The Bertz CT molecular complexity index is 882. The number of hydrogen-bond donors (Lipinski definition) is 1. The number of piperazine rings is 1. The Morgan fingerprint density at radius 3 is 2.38 bits per heavy atom. The number of sulfonamides is 1. The summed E-state index contributed by atoms with van der Waals surface area (Å²) in [5, 5.41) is 0.651. The summed E-state index contributed by atoms with van der Waals surface area (Å²) in [6.07, 6.45) is 0. The molecule has 26 heavy (non-hydrogen) atoms. The van der Waals surface area contributed by atoms with E-state index >= 15 is 0 Å². The lowest BCUT2D eigenvalue weighted by Gasteiger charge is -2.36. The van der Waals surface area contributed by atoms with Gasteiger partial charge in [0.05, 0.1) is 16.4 Å². The average Bonchev–Trinajstić information content (AvgIpc) is 2.62. The topological polar surface area (TPSA) is 52.6 Å². The molecule has 1 saturated heterocycles. The highest BCUT2D eigenvalue weighted by Crippen LogP contribution is 2.33. The fraction of sp³-hybridized carbons (Fsp3) is 0.333. The molecular weight excluding hydrogens is 393 g/mol. The lowest BCUT2D eigenvalue weighted by molar-refractivity contribution is 0.271. The van der Waals surface area contributed by atoms with Crippen LogP contribution in [0.1, 0.15) is 6.92 Å². The van der Waals surface area contributed by atoms with Gasteiger partial charge < -0.3 is 9.80 Å². The molecule has 0 radical (unpaired) electrons. The van der Waals surface area contributed by atoms with Crippen molar-refractivity contribution in [2.45, 2.75) is 11.8 Å². The van der Waals surface area contributed by atoms with Gasteiger partial charge in [0.15, 0.2) is 0 Å². The van der Waals surface area contributed by atoms with Crippen molar-refractivity contribution in [1.82, 2.24) is 4.90 Å². The van der Waals surface area contributed by atoms with E-state index in [4.69, 9.17) is 23.2 Å². The van der Waals surface area contributed by atoms with Gasteiger partial charge >= 0.3 is 0 Å². The van der Waals surface area contributed by atoms with Gasteiger partial charge in [0.1, 0.15) is 4.90 Å². The number of benzene rings is 2. The van der Waals surface area contributed by atoms with Gasteiger partial charge in [-0.1, -0.05) is 42.3 Å². The molecule has 5 nitrogen and oxygen atoms in total. The minimum atomic E-state index is -3.82. The van der Waals surface area contributed by atoms with E-state index in [2.05, 4.69) is 21.4 Å². The Morgan fingerprint density at radius 1 is 1.04 bits per heavy atom. The number of nitrogens with zero attached hydrogens (tertiary/aromatic N) is 2. The zero-order valence-corrected chi connectivity index (χ0v) is 16.8. The first-order valence-corrected chi connectivity index (χ1v) is 10.7. The molecule has 1 aliphatic rings. The van der Waals surface area contributed by atoms with Gasteiger partial charge in [-0.25, -0.2) is 8.42 Å². The number of halogens is 2. The fourth-order valence-electron chi connectivity index (χ4n) is 3.03. The zero-order chi connectivity index (χ0) is 18.7. The Hall–Kier alpha value is -1.47. The maximum atomic E-state index is 12.8. The summed E-state index contributed by atoms with van der Waals surface area (Å²) in [6, 6.07) is 11.6. The number of hydrogen-bond acceptors (Lipinski definition) is 4. The van der Waals surface area contributed by atoms with E-state index in [9.17, 15) is 8.42 Å². The molecule has 0 unspecified atom stereocenters. The standard InChI is InChI=1S/C18H21Cl2N3O2S/c1-2-22-9-11-23(12-10-22)17-8-7-14(19)13-16(17)21-26(24,25)18-6-4-3-5-15(18)20/h3-8,13,21H,2,9-12H2,1H3. The minimum Gasteiger partial charge on any atom is -0.367 e. The van der Waals surface area contributed by atoms with Crippen LogP contribution in [0.15, 0.2) is 47.4 Å². The van der Waals surface area contributed by atoms with Crippen LogP contribution in [0.5, 0.6) is 0 Å². The minimum absolute atomic E-state index is 0.0448. The Kier molecular flexibility index (Phi) is 5.97. The van der Waals surface area contributed by atoms with Crippen molar-refractivity contribution in [3.63, 3.8) is 0 Å². The van der Waals surface area contributed by atoms with Crippen LogP contribution in [0.2, 0.25) is 10.0 Å². The molecule has 0 aliphatic carbocycles. The second-order valence-corrected chi connectivity index (χ2v) is 8.61. The first-order chi connectivity index (χ1) is 12.4. The molecule has 0 atom stereocenters. The zero-order valence-electron chi connectivity index (χ0n) is 14.5. The summed E-state index contributed by atoms with van der Waals surface area (Å²) < 4.78 is 28.3. The lowest BCUT2D eigenvalue weighted by Crippen LogP contribution is -2.46. The van der Waals surface area contributed by atoms with E-state index in [0.29, 0.717) is 10.7 Å². The van der Waals surface area contributed by atoms with Crippen molar-refractivity contribution < 1.29 is 8.42 Å². The van der Waals surface area contributed by atoms with Gasteiger partial charge in [0.25, 0.3) is 10.0 Å². The monoisotopic (exact) mass is 413 g/mol. The van der Waals surface area contributed by atoms with Crippen LogP contribution in [0.3, 0.4) is 0 Å². The Labute approximate surface area is 164 Å². The van der Waals surface area contributed by atoms with Crippen molar-refractivity contribution in [2.75, 3.05) is 42.3 Å². The van der Waals surface area contributed by atoms with Crippen LogP contribution in [0, 0.1) is 0 Å². The van der Waals surface area contributed by atoms with Gasteiger partial charge in [-0.15, -0.1) is 0 Å². The molecule has 140 valence electrons. The van der Waals surface area contributed by atoms with Gasteiger partial charge in [-0.2, -0.15) is 0 Å². The SMILES string of the molecule is CCN1CCN(c2ccc(Cl)cc2NS(=O)(=O)c2ccccc2Cl)CC1. The normalized spacial score (nSPS) is 15.9. The first kappa shape index (κ1) is 19.3. The lowest BCUT2D eigenvalue weighted by atomic mass is 10.2. The van der Waals surface area contributed by atoms with Crippen LogP contribution in [-0.2, 0) is 10.0 Å². The van der Waals surface area contributed by atoms with E-state index in [0.717, 1.165) is 38.4 Å². The van der Waals surface area contributed by atoms with Gasteiger partial charge in [0, 0.05) is 31.2 Å². The number of nitrogens with one attached hydrogen (secondary N) is 1. The number of likely N-dealkylation sites (N-methyl/N-ethyl adjacent to an activating group) is 1. The van der Waals surface area contributed by atoms with Gasteiger partial charge in [-0.05, 0) is 36.9 Å². The van der Waals surface area contributed by atoms with Crippen LogP contribution in [0.25, 0.3) is 0 Å². The summed E-state index contributed by atoms with van der Waals surface area (Å²) in [4.78, 5) is 4.58. The molecule has 2 aromatic carbocycles. The number of rotatable bonds is 5. The Morgan fingerprint density at radius 2 is 1.73 bits per heavy atom. The maximum absolute atomic E-state index is 12.8. The van der Waals surface area contributed by atoms with Crippen molar-refractivity contribution >= 4 is 44.6 Å². The van der Waals surface area contributed by atoms with Gasteiger partial charge in [-0.3, -0.25) is 4.72 Å². The molecule has 1 aliphatic heterocycles. The van der Waals surface area contributed by atoms with E-state index in [-0.39, 0.29) is 9.92 Å². The van der Waals surface area contributed by atoms with Crippen molar-refractivity contribution in [3.05, 3.63) is 52.5 Å². The molecule has 1 N–H and O–H groups in total. The third-order valence-electron chi connectivity index (χ3n) is 4.49. The van der Waals surface area contributed by atoms with Crippen LogP contribution in [-0.4, -0.2) is 46.0 Å². The fourth-order valence-corrected chi connectivity index (χ4v) is 4.79. The number of anilines is 2. The van der Waals surface area contributed by atoms with E-state index in [1.165, 1.54) is 6.07 Å².